The van der Waals surface area contributed by atoms with Gasteiger partial charge in [-0.05, 0) is 51.6 Å². The zero-order valence-corrected chi connectivity index (χ0v) is 20.2. The summed E-state index contributed by atoms with van der Waals surface area (Å²) in [4.78, 5) is 13.9. The zero-order valence-electron chi connectivity index (χ0n) is 20.2. The van der Waals surface area contributed by atoms with Crippen LogP contribution in [-0.4, -0.2) is 17.4 Å². The molecule has 0 aliphatic carbocycles. The summed E-state index contributed by atoms with van der Waals surface area (Å²) in [5, 5.41) is 0. The molecular formula is C31H29N3O2. The van der Waals surface area contributed by atoms with Gasteiger partial charge in [0.1, 0.15) is 0 Å². The molecular weight excluding hydrogens is 446 g/mol. The van der Waals surface area contributed by atoms with Gasteiger partial charge < -0.3 is 9.47 Å². The third kappa shape index (κ3) is 7.04. The average molecular weight is 476 g/mol. The van der Waals surface area contributed by atoms with Crippen molar-refractivity contribution in [1.29, 1.82) is 0 Å². The van der Waals surface area contributed by atoms with Crippen molar-refractivity contribution < 1.29 is 9.47 Å². The standard InChI is InChI=1S/C31H29N3O2/c1-3-28-15-29(4-1)19-33-17-25-9-13-27(14-10-25)21-36-23-31-6-2-5-30(34-31)22-35-20-26-11-7-24(8-12-26)16-32-18-28/h1-15,18-19H,16-17,20-23H2. The fraction of sp³-hybridized carbons (Fsp3) is 0.194. The monoisotopic (exact) mass is 475 g/mol. The molecule has 0 unspecified atom stereocenters. The van der Waals surface area contributed by atoms with Crippen LogP contribution in [0.4, 0.5) is 0 Å². The quantitative estimate of drug-likeness (QED) is 0.310. The molecule has 8 bridgehead atoms. The fourth-order valence-corrected chi connectivity index (χ4v) is 3.95. The Labute approximate surface area is 212 Å². The number of hydrogen-bond donors (Lipinski definition) is 0. The Morgan fingerprint density at radius 1 is 0.472 bits per heavy atom. The second kappa shape index (κ2) is 12.2. The predicted molar refractivity (Wildman–Crippen MR) is 143 cm³/mol. The minimum Gasteiger partial charge on any atom is -0.370 e. The highest BCUT2D eigenvalue weighted by Gasteiger charge is 2.02. The molecule has 5 heteroatoms. The van der Waals surface area contributed by atoms with E-state index in [0.717, 1.165) is 44.8 Å². The van der Waals surface area contributed by atoms with Crippen molar-refractivity contribution in [2.45, 2.75) is 39.5 Å². The number of hydrogen-bond acceptors (Lipinski definition) is 5. The molecule has 4 aromatic rings. The topological polar surface area (TPSA) is 56.1 Å². The van der Waals surface area contributed by atoms with Crippen LogP contribution < -0.4 is 0 Å². The van der Waals surface area contributed by atoms with Gasteiger partial charge in [-0.1, -0.05) is 72.8 Å². The van der Waals surface area contributed by atoms with E-state index >= 15 is 0 Å². The lowest BCUT2D eigenvalue weighted by Crippen LogP contribution is -2.01. The minimum atomic E-state index is 0.461. The highest BCUT2D eigenvalue weighted by atomic mass is 16.5. The SMILES string of the molecule is C1=NCc2ccc(cc2)COCc2cccc(n2)COCc2ccc(cc2)CN=Cc2cccc1c2. The van der Waals surface area contributed by atoms with Crippen LogP contribution in [-0.2, 0) is 49.0 Å². The van der Waals surface area contributed by atoms with E-state index in [1.165, 1.54) is 0 Å². The van der Waals surface area contributed by atoms with Gasteiger partial charge in [-0.25, -0.2) is 0 Å². The third-order valence-electron chi connectivity index (χ3n) is 5.89. The van der Waals surface area contributed by atoms with E-state index in [9.17, 15) is 0 Å². The van der Waals surface area contributed by atoms with Crippen molar-refractivity contribution in [3.63, 3.8) is 0 Å². The smallest absolute Gasteiger partial charge is 0.0892 e. The first-order valence-corrected chi connectivity index (χ1v) is 12.2. The highest BCUT2D eigenvalue weighted by molar-refractivity contribution is 5.86. The molecule has 0 saturated carbocycles. The molecule has 36 heavy (non-hydrogen) atoms. The van der Waals surface area contributed by atoms with Crippen LogP contribution in [0.1, 0.15) is 44.8 Å². The van der Waals surface area contributed by atoms with Crippen molar-refractivity contribution in [3.8, 4) is 0 Å². The minimum absolute atomic E-state index is 0.461. The van der Waals surface area contributed by atoms with Gasteiger partial charge in [0, 0.05) is 12.4 Å². The molecule has 0 N–H and O–H groups in total. The summed E-state index contributed by atoms with van der Waals surface area (Å²) < 4.78 is 11.8. The molecule has 5 heterocycles. The Morgan fingerprint density at radius 3 is 1.42 bits per heavy atom. The van der Waals surface area contributed by atoms with Gasteiger partial charge in [-0.3, -0.25) is 15.0 Å². The molecule has 180 valence electrons. The maximum atomic E-state index is 5.91. The zero-order chi connectivity index (χ0) is 24.4. The summed E-state index contributed by atoms with van der Waals surface area (Å²) in [6.45, 7) is 3.26. The molecule has 0 amide bonds. The summed E-state index contributed by atoms with van der Waals surface area (Å²) in [6, 6.07) is 31.0. The molecule has 0 saturated heterocycles. The summed E-state index contributed by atoms with van der Waals surface area (Å²) >= 11 is 0. The van der Waals surface area contributed by atoms with Crippen molar-refractivity contribution in [1.82, 2.24) is 4.98 Å². The normalized spacial score (nSPS) is 14.7. The van der Waals surface area contributed by atoms with Crippen LogP contribution >= 0.6 is 0 Å². The molecule has 5 nitrogen and oxygen atoms in total. The number of pyridine rings is 1. The molecule has 0 radical (unpaired) electrons. The number of aliphatic imine (C=N–C) groups is 2. The van der Waals surface area contributed by atoms with E-state index in [4.69, 9.17) is 9.47 Å². The molecule has 0 fully saturated rings. The number of nitrogens with zero attached hydrogens (tertiary/aromatic N) is 3. The molecule has 1 aromatic heterocycles. The van der Waals surface area contributed by atoms with Crippen LogP contribution in [0.25, 0.3) is 0 Å². The number of rotatable bonds is 0. The van der Waals surface area contributed by atoms with Crippen molar-refractivity contribution >= 4 is 12.4 Å². The second-order valence-electron chi connectivity index (χ2n) is 8.85. The van der Waals surface area contributed by atoms with E-state index in [-0.39, 0.29) is 0 Å². The van der Waals surface area contributed by atoms with Gasteiger partial charge in [0.2, 0.25) is 0 Å². The average Bonchev–Trinajstić information content (AvgIpc) is 2.91. The van der Waals surface area contributed by atoms with Gasteiger partial charge in [0.25, 0.3) is 0 Å². The van der Waals surface area contributed by atoms with Gasteiger partial charge in [0.05, 0.1) is 50.9 Å². The van der Waals surface area contributed by atoms with Crippen LogP contribution in [0.2, 0.25) is 0 Å². The number of ether oxygens (including phenoxy) is 2. The number of aromatic nitrogens is 1. The third-order valence-corrected chi connectivity index (χ3v) is 5.89. The maximum Gasteiger partial charge on any atom is 0.0892 e. The van der Waals surface area contributed by atoms with Crippen LogP contribution in [0.3, 0.4) is 0 Å². The van der Waals surface area contributed by atoms with E-state index in [2.05, 4.69) is 81.7 Å². The Kier molecular flexibility index (Phi) is 8.04. The van der Waals surface area contributed by atoms with Crippen LogP contribution in [0.5, 0.6) is 0 Å². The molecule has 0 atom stereocenters. The van der Waals surface area contributed by atoms with Crippen molar-refractivity contribution in [2.75, 3.05) is 0 Å². The molecule has 4 aliphatic rings. The first-order chi connectivity index (χ1) is 17.8. The largest absolute Gasteiger partial charge is 0.370 e. The van der Waals surface area contributed by atoms with Crippen molar-refractivity contribution in [3.05, 3.63) is 136 Å². The lowest BCUT2D eigenvalue weighted by atomic mass is 10.1. The Hall–Kier alpha value is -3.93. The molecule has 4 aliphatic heterocycles. The van der Waals surface area contributed by atoms with Crippen LogP contribution in [0, 0.1) is 0 Å². The molecule has 3 aromatic carbocycles. The summed E-state index contributed by atoms with van der Waals surface area (Å²) in [6.07, 6.45) is 3.83. The summed E-state index contributed by atoms with van der Waals surface area (Å²) in [7, 11) is 0. The summed E-state index contributed by atoms with van der Waals surface area (Å²) in [5.74, 6) is 0. The lowest BCUT2D eigenvalue weighted by Gasteiger charge is -2.08. The first-order valence-electron chi connectivity index (χ1n) is 12.2. The molecule has 0 spiro atoms. The summed E-state index contributed by atoms with van der Waals surface area (Å²) in [5.41, 5.74) is 8.50. The fourth-order valence-electron chi connectivity index (χ4n) is 3.95. The highest BCUT2D eigenvalue weighted by Crippen LogP contribution is 2.12. The Balaban J connectivity index is 1.32. The number of benzene rings is 3. The van der Waals surface area contributed by atoms with Gasteiger partial charge >= 0.3 is 0 Å². The van der Waals surface area contributed by atoms with E-state index in [0.29, 0.717) is 39.5 Å². The first kappa shape index (κ1) is 23.8. The van der Waals surface area contributed by atoms with Crippen LogP contribution in [0.15, 0.2) is 101 Å². The molecule has 8 rings (SSSR count). The maximum absolute atomic E-state index is 5.91. The van der Waals surface area contributed by atoms with Gasteiger partial charge in [-0.2, -0.15) is 0 Å². The van der Waals surface area contributed by atoms with Gasteiger partial charge in [0.15, 0.2) is 0 Å². The van der Waals surface area contributed by atoms with E-state index in [1.54, 1.807) is 0 Å². The van der Waals surface area contributed by atoms with E-state index in [1.807, 2.05) is 36.7 Å². The van der Waals surface area contributed by atoms with Gasteiger partial charge in [-0.15, -0.1) is 0 Å². The lowest BCUT2D eigenvalue weighted by molar-refractivity contribution is 0.0980. The Morgan fingerprint density at radius 2 is 0.917 bits per heavy atom. The predicted octanol–water partition coefficient (Wildman–Crippen LogP) is 6.07. The van der Waals surface area contributed by atoms with Crippen molar-refractivity contribution in [2.24, 2.45) is 9.98 Å². The van der Waals surface area contributed by atoms with E-state index < -0.39 is 0 Å². The Bertz CT molecular complexity index is 1230. The second-order valence-corrected chi connectivity index (χ2v) is 8.85.